The van der Waals surface area contributed by atoms with E-state index >= 15 is 0 Å². The molecule has 0 heterocycles. The molecule has 13 heavy (non-hydrogen) atoms. The van der Waals surface area contributed by atoms with Crippen molar-refractivity contribution in [3.05, 3.63) is 29.3 Å². The zero-order chi connectivity index (χ0) is 9.84. The third-order valence-electron chi connectivity index (χ3n) is 1.79. The number of hydrogen-bond donors (Lipinski definition) is 1. The van der Waals surface area contributed by atoms with Gasteiger partial charge >= 0.3 is 0 Å². The molecule has 0 aliphatic rings. The highest BCUT2D eigenvalue weighted by atomic mass is 79.9. The number of hydrogen-bond acceptors (Lipinski definition) is 1. The number of aryl methyl sites for hydroxylation is 2. The van der Waals surface area contributed by atoms with Gasteiger partial charge in [-0.25, -0.2) is 0 Å². The van der Waals surface area contributed by atoms with Gasteiger partial charge in [-0.3, -0.25) is 4.79 Å². The Kier molecular flexibility index (Phi) is 3.48. The number of carbonyl (C=O) groups excluding carboxylic acids is 1. The highest BCUT2D eigenvalue weighted by Crippen LogP contribution is 2.16. The van der Waals surface area contributed by atoms with E-state index in [0.717, 1.165) is 16.8 Å². The van der Waals surface area contributed by atoms with Gasteiger partial charge in [0.2, 0.25) is 5.91 Å². The smallest absolute Gasteiger partial charge is 0.235 e. The van der Waals surface area contributed by atoms with E-state index in [1.165, 1.54) is 0 Å². The van der Waals surface area contributed by atoms with Gasteiger partial charge in [-0.2, -0.15) is 0 Å². The summed E-state index contributed by atoms with van der Waals surface area (Å²) in [5.41, 5.74) is 3.12. The molecular formula is C10H12BrNO. The second kappa shape index (κ2) is 4.42. The minimum Gasteiger partial charge on any atom is -0.325 e. The summed E-state index contributed by atoms with van der Waals surface area (Å²) >= 11 is 3.10. The zero-order valence-electron chi connectivity index (χ0n) is 7.73. The van der Waals surface area contributed by atoms with Crippen molar-refractivity contribution in [3.63, 3.8) is 0 Å². The number of alkyl halides is 1. The molecule has 0 saturated heterocycles. The average Bonchev–Trinajstić information content (AvgIpc) is 2.11. The lowest BCUT2D eigenvalue weighted by atomic mass is 10.1. The van der Waals surface area contributed by atoms with Crippen LogP contribution in [0.2, 0.25) is 0 Å². The predicted octanol–water partition coefficient (Wildman–Crippen LogP) is 2.64. The molecule has 0 unspecified atom stereocenters. The minimum atomic E-state index is -0.0197. The third-order valence-corrected chi connectivity index (χ3v) is 2.30. The number of benzene rings is 1. The summed E-state index contributed by atoms with van der Waals surface area (Å²) in [6.07, 6.45) is 0. The summed E-state index contributed by atoms with van der Waals surface area (Å²) in [5, 5.41) is 3.15. The van der Waals surface area contributed by atoms with Crippen LogP contribution in [0.25, 0.3) is 0 Å². The highest BCUT2D eigenvalue weighted by molar-refractivity contribution is 9.09. The molecule has 1 aromatic rings. The van der Waals surface area contributed by atoms with Crippen LogP contribution in [0.3, 0.4) is 0 Å². The van der Waals surface area contributed by atoms with Crippen molar-refractivity contribution in [2.45, 2.75) is 13.8 Å². The molecule has 70 valence electrons. The van der Waals surface area contributed by atoms with E-state index < -0.39 is 0 Å². The van der Waals surface area contributed by atoms with Crippen LogP contribution in [0, 0.1) is 13.8 Å². The largest absolute Gasteiger partial charge is 0.325 e. The summed E-state index contributed by atoms with van der Waals surface area (Å²) in [5.74, 6) is -0.0197. The summed E-state index contributed by atoms with van der Waals surface area (Å²) in [4.78, 5) is 11.1. The molecule has 0 spiro atoms. The van der Waals surface area contributed by atoms with Crippen LogP contribution in [0.5, 0.6) is 0 Å². The lowest BCUT2D eigenvalue weighted by molar-refractivity contribution is -0.113. The molecule has 1 rings (SSSR count). The van der Waals surface area contributed by atoms with Crippen LogP contribution >= 0.6 is 15.9 Å². The first-order chi connectivity index (χ1) is 6.13. The molecule has 0 aliphatic carbocycles. The van der Waals surface area contributed by atoms with Gasteiger partial charge in [-0.05, 0) is 31.0 Å². The molecular weight excluding hydrogens is 230 g/mol. The molecule has 0 saturated carbocycles. The van der Waals surface area contributed by atoms with Crippen LogP contribution in [-0.2, 0) is 4.79 Å². The molecule has 0 radical (unpaired) electrons. The first kappa shape index (κ1) is 10.3. The van der Waals surface area contributed by atoms with E-state index in [-0.39, 0.29) is 5.91 Å². The predicted molar refractivity (Wildman–Crippen MR) is 58.3 cm³/mol. The van der Waals surface area contributed by atoms with Crippen molar-refractivity contribution in [2.75, 3.05) is 10.6 Å². The van der Waals surface area contributed by atoms with Gasteiger partial charge in [-0.1, -0.05) is 28.1 Å². The summed E-state index contributed by atoms with van der Waals surface area (Å²) in [6.45, 7) is 3.98. The van der Waals surface area contributed by atoms with Crippen LogP contribution < -0.4 is 5.32 Å². The second-order valence-electron chi connectivity index (χ2n) is 3.00. The monoisotopic (exact) mass is 241 g/mol. The Morgan fingerprint density at radius 1 is 1.46 bits per heavy atom. The molecule has 1 amide bonds. The van der Waals surface area contributed by atoms with E-state index in [4.69, 9.17) is 0 Å². The Bertz CT molecular complexity index is 323. The van der Waals surface area contributed by atoms with Crippen molar-refractivity contribution in [1.29, 1.82) is 0 Å². The second-order valence-corrected chi connectivity index (χ2v) is 3.56. The Hall–Kier alpha value is -0.830. The zero-order valence-corrected chi connectivity index (χ0v) is 9.31. The first-order valence-corrected chi connectivity index (χ1v) is 5.18. The fourth-order valence-electron chi connectivity index (χ4n) is 1.05. The minimum absolute atomic E-state index is 0.0197. The number of halogens is 1. The van der Waals surface area contributed by atoms with Crippen LogP contribution in [0.4, 0.5) is 5.69 Å². The molecule has 0 bridgehead atoms. The van der Waals surface area contributed by atoms with Crippen molar-refractivity contribution in [3.8, 4) is 0 Å². The molecule has 3 heteroatoms. The summed E-state index contributed by atoms with van der Waals surface area (Å²) in [7, 11) is 0. The van der Waals surface area contributed by atoms with Gasteiger partial charge in [0, 0.05) is 5.69 Å². The molecule has 1 N–H and O–H groups in total. The van der Waals surface area contributed by atoms with Crippen molar-refractivity contribution < 1.29 is 4.79 Å². The summed E-state index contributed by atoms with van der Waals surface area (Å²) in [6, 6.07) is 5.99. The average molecular weight is 242 g/mol. The van der Waals surface area contributed by atoms with Crippen LogP contribution in [0.15, 0.2) is 18.2 Å². The number of carbonyl (C=O) groups is 1. The number of amides is 1. The van der Waals surface area contributed by atoms with E-state index in [2.05, 4.69) is 21.2 Å². The fourth-order valence-corrected chi connectivity index (χ4v) is 1.19. The van der Waals surface area contributed by atoms with E-state index in [1.807, 2.05) is 32.0 Å². The van der Waals surface area contributed by atoms with Gasteiger partial charge in [-0.15, -0.1) is 0 Å². The van der Waals surface area contributed by atoms with Crippen molar-refractivity contribution in [1.82, 2.24) is 0 Å². The third kappa shape index (κ3) is 2.84. The van der Waals surface area contributed by atoms with E-state index in [9.17, 15) is 4.79 Å². The van der Waals surface area contributed by atoms with Crippen molar-refractivity contribution >= 4 is 27.5 Å². The Morgan fingerprint density at radius 3 is 2.77 bits per heavy atom. The lowest BCUT2D eigenvalue weighted by Crippen LogP contribution is -2.13. The number of anilines is 1. The maximum absolute atomic E-state index is 11.1. The fraction of sp³-hybridized carbons (Fsp3) is 0.300. The number of nitrogens with one attached hydrogen (secondary N) is 1. The lowest BCUT2D eigenvalue weighted by Gasteiger charge is -2.07. The van der Waals surface area contributed by atoms with Gasteiger partial charge in [0.25, 0.3) is 0 Å². The van der Waals surface area contributed by atoms with Gasteiger partial charge in [0.1, 0.15) is 0 Å². The highest BCUT2D eigenvalue weighted by Gasteiger charge is 2.02. The van der Waals surface area contributed by atoms with Gasteiger partial charge < -0.3 is 5.32 Å². The van der Waals surface area contributed by atoms with Crippen LogP contribution in [0.1, 0.15) is 11.1 Å². The Labute approximate surface area is 86.5 Å². The Balaban J connectivity index is 2.87. The normalized spacial score (nSPS) is 9.77. The SMILES string of the molecule is Cc1ccc(C)c(NC(=O)CBr)c1. The molecule has 0 aliphatic heterocycles. The standard InChI is InChI=1S/C10H12BrNO/c1-7-3-4-8(2)9(5-7)12-10(13)6-11/h3-5H,6H2,1-2H3,(H,12,13). The maximum atomic E-state index is 11.1. The van der Waals surface area contributed by atoms with Gasteiger partial charge in [0.15, 0.2) is 0 Å². The maximum Gasteiger partial charge on any atom is 0.235 e. The molecule has 0 atom stereocenters. The molecule has 0 fully saturated rings. The molecule has 0 aromatic heterocycles. The quantitative estimate of drug-likeness (QED) is 0.793. The summed E-state index contributed by atoms with van der Waals surface area (Å²) < 4.78 is 0. The van der Waals surface area contributed by atoms with Gasteiger partial charge in [0.05, 0.1) is 5.33 Å². The van der Waals surface area contributed by atoms with Crippen molar-refractivity contribution in [2.24, 2.45) is 0 Å². The van der Waals surface area contributed by atoms with E-state index in [0.29, 0.717) is 5.33 Å². The topological polar surface area (TPSA) is 29.1 Å². The number of rotatable bonds is 2. The molecule has 1 aromatic carbocycles. The van der Waals surface area contributed by atoms with E-state index in [1.54, 1.807) is 0 Å². The Morgan fingerprint density at radius 2 is 2.15 bits per heavy atom. The first-order valence-electron chi connectivity index (χ1n) is 4.06. The molecule has 2 nitrogen and oxygen atoms in total. The van der Waals surface area contributed by atoms with Crippen LogP contribution in [-0.4, -0.2) is 11.2 Å².